The largest absolute Gasteiger partial charge is 0.381 e. The summed E-state index contributed by atoms with van der Waals surface area (Å²) in [6.45, 7) is 14.0. The average molecular weight is 306 g/mol. The fourth-order valence-electron chi connectivity index (χ4n) is 2.33. The summed E-state index contributed by atoms with van der Waals surface area (Å²) in [6, 6.07) is 4.07. The van der Waals surface area contributed by atoms with Crippen LogP contribution in [0.4, 0.5) is 5.69 Å². The van der Waals surface area contributed by atoms with Gasteiger partial charge in [0.25, 0.3) is 0 Å². The highest BCUT2D eigenvalue weighted by Gasteiger charge is 2.14. The first-order chi connectivity index (χ1) is 10.9. The number of nitrogens with one attached hydrogen (secondary N) is 2. The van der Waals surface area contributed by atoms with Crippen molar-refractivity contribution in [2.45, 2.75) is 20.8 Å². The number of aryl methyl sites for hydroxylation is 2. The molecule has 0 amide bonds. The van der Waals surface area contributed by atoms with Gasteiger partial charge in [-0.05, 0) is 49.6 Å². The Morgan fingerprint density at radius 2 is 1.87 bits per heavy atom. The standard InChI is InChI=1S/C19H22N4/c1-6-7-21-19-13(4)8-15(9-17(19)18(20)12(2)3)16-10-22-14(5)23-11-16/h6,8-11,20-21H,1-2,7H2,3-5H3. The van der Waals surface area contributed by atoms with Crippen molar-refractivity contribution in [3.05, 3.63) is 66.3 Å². The minimum atomic E-state index is 0.426. The van der Waals surface area contributed by atoms with E-state index in [1.807, 2.05) is 39.2 Å². The first kappa shape index (κ1) is 16.6. The molecular formula is C19H22N4. The molecule has 0 aliphatic rings. The predicted molar refractivity (Wildman–Crippen MR) is 97.3 cm³/mol. The summed E-state index contributed by atoms with van der Waals surface area (Å²) < 4.78 is 0. The van der Waals surface area contributed by atoms with Crippen molar-refractivity contribution in [2.75, 3.05) is 11.9 Å². The number of benzene rings is 1. The number of hydrogen-bond donors (Lipinski definition) is 2. The van der Waals surface area contributed by atoms with Gasteiger partial charge in [0.15, 0.2) is 0 Å². The van der Waals surface area contributed by atoms with Gasteiger partial charge in [-0.2, -0.15) is 0 Å². The quantitative estimate of drug-likeness (QED) is 0.618. The summed E-state index contributed by atoms with van der Waals surface area (Å²) in [5, 5.41) is 11.7. The zero-order valence-electron chi connectivity index (χ0n) is 13.9. The van der Waals surface area contributed by atoms with Crippen molar-refractivity contribution in [1.29, 1.82) is 5.41 Å². The van der Waals surface area contributed by atoms with Crippen LogP contribution >= 0.6 is 0 Å². The molecule has 4 nitrogen and oxygen atoms in total. The molecule has 0 fully saturated rings. The van der Waals surface area contributed by atoms with Crippen LogP contribution in [-0.2, 0) is 0 Å². The number of aromatic nitrogens is 2. The van der Waals surface area contributed by atoms with Gasteiger partial charge in [-0.25, -0.2) is 9.97 Å². The zero-order valence-corrected chi connectivity index (χ0v) is 13.9. The van der Waals surface area contributed by atoms with Crippen LogP contribution in [0, 0.1) is 19.3 Å². The molecule has 0 aliphatic carbocycles. The van der Waals surface area contributed by atoms with Gasteiger partial charge < -0.3 is 5.32 Å². The highest BCUT2D eigenvalue weighted by Crippen LogP contribution is 2.30. The average Bonchev–Trinajstić information content (AvgIpc) is 2.53. The molecule has 0 spiro atoms. The number of hydrogen-bond acceptors (Lipinski definition) is 4. The number of anilines is 1. The summed E-state index contributed by atoms with van der Waals surface area (Å²) in [6.07, 6.45) is 5.42. The maximum atomic E-state index is 8.35. The van der Waals surface area contributed by atoms with Crippen LogP contribution in [0.3, 0.4) is 0 Å². The summed E-state index contributed by atoms with van der Waals surface area (Å²) in [7, 11) is 0. The van der Waals surface area contributed by atoms with E-state index < -0.39 is 0 Å². The summed E-state index contributed by atoms with van der Waals surface area (Å²) in [5.74, 6) is 0.740. The number of nitrogens with zero attached hydrogens (tertiary/aromatic N) is 2. The molecular weight excluding hydrogens is 284 g/mol. The van der Waals surface area contributed by atoms with Gasteiger partial charge in [-0.15, -0.1) is 6.58 Å². The van der Waals surface area contributed by atoms with E-state index in [0.717, 1.165) is 39.3 Å². The molecule has 23 heavy (non-hydrogen) atoms. The molecule has 0 saturated heterocycles. The Kier molecular flexibility index (Phi) is 5.06. The fraction of sp³-hybridized carbons (Fsp3) is 0.211. The van der Waals surface area contributed by atoms with E-state index in [-0.39, 0.29) is 0 Å². The molecule has 0 bridgehead atoms. The summed E-state index contributed by atoms with van der Waals surface area (Å²) in [4.78, 5) is 8.51. The molecule has 4 heteroatoms. The maximum Gasteiger partial charge on any atom is 0.125 e. The second kappa shape index (κ2) is 7.01. The Morgan fingerprint density at radius 1 is 1.22 bits per heavy atom. The predicted octanol–water partition coefficient (Wildman–Crippen LogP) is 4.30. The molecule has 0 aliphatic heterocycles. The molecule has 118 valence electrons. The lowest BCUT2D eigenvalue weighted by molar-refractivity contribution is 1.06. The molecule has 1 aromatic heterocycles. The minimum absolute atomic E-state index is 0.426. The van der Waals surface area contributed by atoms with Crippen LogP contribution in [0.2, 0.25) is 0 Å². The Bertz CT molecular complexity index is 758. The molecule has 2 N–H and O–H groups in total. The van der Waals surface area contributed by atoms with E-state index in [1.54, 1.807) is 6.08 Å². The smallest absolute Gasteiger partial charge is 0.125 e. The third-order valence-corrected chi connectivity index (χ3v) is 3.57. The third kappa shape index (κ3) is 3.72. The summed E-state index contributed by atoms with van der Waals surface area (Å²) >= 11 is 0. The van der Waals surface area contributed by atoms with Gasteiger partial charge in [-0.1, -0.05) is 12.7 Å². The Hall–Kier alpha value is -2.75. The monoisotopic (exact) mass is 306 g/mol. The van der Waals surface area contributed by atoms with Gasteiger partial charge in [0.2, 0.25) is 0 Å². The molecule has 2 rings (SSSR count). The van der Waals surface area contributed by atoms with Gasteiger partial charge in [0, 0.05) is 35.8 Å². The van der Waals surface area contributed by atoms with Crippen molar-refractivity contribution in [3.63, 3.8) is 0 Å². The Balaban J connectivity index is 2.59. The third-order valence-electron chi connectivity index (χ3n) is 3.57. The number of allylic oxidation sites excluding steroid dienone is 1. The van der Waals surface area contributed by atoms with Crippen molar-refractivity contribution in [2.24, 2.45) is 0 Å². The van der Waals surface area contributed by atoms with Crippen LogP contribution < -0.4 is 5.32 Å². The molecule has 0 unspecified atom stereocenters. The lowest BCUT2D eigenvalue weighted by Gasteiger charge is -2.17. The lowest BCUT2D eigenvalue weighted by Crippen LogP contribution is -2.09. The summed E-state index contributed by atoms with van der Waals surface area (Å²) in [5.41, 5.74) is 5.91. The van der Waals surface area contributed by atoms with E-state index >= 15 is 0 Å². The van der Waals surface area contributed by atoms with Crippen molar-refractivity contribution >= 4 is 11.4 Å². The Morgan fingerprint density at radius 3 is 2.43 bits per heavy atom. The highest BCUT2D eigenvalue weighted by molar-refractivity contribution is 6.14. The zero-order chi connectivity index (χ0) is 17.0. The van der Waals surface area contributed by atoms with E-state index in [4.69, 9.17) is 5.41 Å². The van der Waals surface area contributed by atoms with Gasteiger partial charge >= 0.3 is 0 Å². The van der Waals surface area contributed by atoms with Gasteiger partial charge in [0.1, 0.15) is 5.82 Å². The normalized spacial score (nSPS) is 10.2. The van der Waals surface area contributed by atoms with Crippen LogP contribution in [-0.4, -0.2) is 22.2 Å². The van der Waals surface area contributed by atoms with Crippen molar-refractivity contribution in [1.82, 2.24) is 9.97 Å². The van der Waals surface area contributed by atoms with E-state index in [1.165, 1.54) is 0 Å². The first-order valence-electron chi connectivity index (χ1n) is 7.47. The highest BCUT2D eigenvalue weighted by atomic mass is 14.9. The molecule has 1 aromatic carbocycles. The second-order valence-corrected chi connectivity index (χ2v) is 5.56. The van der Waals surface area contributed by atoms with Gasteiger partial charge in [-0.3, -0.25) is 5.41 Å². The molecule has 1 heterocycles. The first-order valence-corrected chi connectivity index (χ1v) is 7.47. The topological polar surface area (TPSA) is 61.7 Å². The minimum Gasteiger partial charge on any atom is -0.381 e. The van der Waals surface area contributed by atoms with Crippen LogP contribution in [0.5, 0.6) is 0 Å². The van der Waals surface area contributed by atoms with Crippen LogP contribution in [0.15, 0.2) is 49.3 Å². The second-order valence-electron chi connectivity index (χ2n) is 5.56. The number of rotatable bonds is 6. The molecule has 2 aromatic rings. The van der Waals surface area contributed by atoms with Crippen LogP contribution in [0.1, 0.15) is 23.9 Å². The van der Waals surface area contributed by atoms with E-state index in [2.05, 4.69) is 34.5 Å². The lowest BCUT2D eigenvalue weighted by atomic mass is 9.95. The molecule has 0 radical (unpaired) electrons. The van der Waals surface area contributed by atoms with E-state index in [9.17, 15) is 0 Å². The molecule has 0 atom stereocenters. The fourth-order valence-corrected chi connectivity index (χ4v) is 2.33. The SMILES string of the molecule is C=CCNc1c(C)cc(-c2cnc(C)nc2)cc1C(=N)C(=C)C. The maximum absolute atomic E-state index is 8.35. The van der Waals surface area contributed by atoms with Crippen molar-refractivity contribution in [3.8, 4) is 11.1 Å². The van der Waals surface area contributed by atoms with Crippen LogP contribution in [0.25, 0.3) is 11.1 Å². The Labute approximate surface area is 137 Å². The van der Waals surface area contributed by atoms with Crippen molar-refractivity contribution < 1.29 is 0 Å². The molecule has 0 saturated carbocycles. The van der Waals surface area contributed by atoms with Gasteiger partial charge in [0.05, 0.1) is 5.71 Å². The van der Waals surface area contributed by atoms with E-state index in [0.29, 0.717) is 12.3 Å².